The van der Waals surface area contributed by atoms with Crippen molar-refractivity contribution in [1.82, 2.24) is 25.3 Å². The summed E-state index contributed by atoms with van der Waals surface area (Å²) in [5, 5.41) is 6.65. The van der Waals surface area contributed by atoms with E-state index < -0.39 is 5.60 Å². The van der Waals surface area contributed by atoms with E-state index in [9.17, 15) is 14.4 Å². The highest BCUT2D eigenvalue weighted by Gasteiger charge is 2.49. The summed E-state index contributed by atoms with van der Waals surface area (Å²) in [7, 11) is 0. The maximum Gasteiger partial charge on any atom is 0.410 e. The second-order valence-corrected chi connectivity index (χ2v) is 32.5. The fourth-order valence-electron chi connectivity index (χ4n) is 15.7. The van der Waals surface area contributed by atoms with Crippen LogP contribution in [0.4, 0.5) is 9.59 Å². The van der Waals surface area contributed by atoms with Crippen LogP contribution in [0.25, 0.3) is 0 Å². The Morgan fingerprint density at radius 1 is 0.440 bits per heavy atom. The van der Waals surface area contributed by atoms with E-state index >= 15 is 0 Å². The van der Waals surface area contributed by atoms with Gasteiger partial charge in [0.15, 0.2) is 0 Å². The van der Waals surface area contributed by atoms with Crippen molar-refractivity contribution >= 4 is 18.0 Å². The molecule has 10 fully saturated rings. The molecule has 10 heterocycles. The Labute approximate surface area is 461 Å². The monoisotopic (exact) mass is 1050 g/mol. The lowest BCUT2D eigenvalue weighted by molar-refractivity contribution is -0.134. The zero-order valence-corrected chi connectivity index (χ0v) is 52.4. The fourth-order valence-corrected chi connectivity index (χ4v) is 15.7. The highest BCUT2D eigenvalue weighted by Crippen LogP contribution is 2.49. The standard InChI is InChI=1S/C16H29NO2.C14H26N2O.C13H23NO.C11H21N.C11H20O/c1-15(2,3)11-9-12-7-8-13(10-11)17(12)14(18)19-16(4,5)6;1-5-15-13(17)16-11-6-7-12(16)9-10(8-11)14(2,3)4;1-9(15)14-11-5-6-12(14)8-10(7-11)13(2,3)4;2*1-11(2,3)8-6-9-4-5-10(7-8)12-9/h11-13H,7-10H2,1-6H3;10-12H,5-9H2,1-4H3,(H,15,17);10-12H,5-8H2,1-4H3;8-10,12H,4-7H2,1-3H3;8-10H,4-7H2,1-3H3. The van der Waals surface area contributed by atoms with E-state index in [0.29, 0.717) is 75.5 Å². The van der Waals surface area contributed by atoms with E-state index in [1.54, 1.807) is 6.92 Å². The minimum atomic E-state index is -0.391. The molecule has 10 atom stereocenters. The van der Waals surface area contributed by atoms with Crippen molar-refractivity contribution in [3.05, 3.63) is 0 Å². The normalized spacial score (nSPS) is 35.9. The maximum absolute atomic E-state index is 12.3. The lowest BCUT2D eigenvalue weighted by Gasteiger charge is -2.43. The molecule has 10 nitrogen and oxygen atoms in total. The van der Waals surface area contributed by atoms with Crippen molar-refractivity contribution in [3.63, 3.8) is 0 Å². The number of carbonyl (C=O) groups excluding carboxylic acids is 3. The van der Waals surface area contributed by atoms with Gasteiger partial charge >= 0.3 is 12.1 Å². The van der Waals surface area contributed by atoms with Crippen LogP contribution >= 0.6 is 0 Å². The Balaban J connectivity index is 0.000000154. The van der Waals surface area contributed by atoms with Gasteiger partial charge in [0, 0.05) is 61.8 Å². The molecule has 4 amide bonds. The van der Waals surface area contributed by atoms with E-state index in [0.717, 1.165) is 73.9 Å². The van der Waals surface area contributed by atoms with E-state index in [2.05, 4.69) is 124 Å². The van der Waals surface area contributed by atoms with Crippen molar-refractivity contribution < 1.29 is 23.9 Å². The van der Waals surface area contributed by atoms with Gasteiger partial charge in [0.1, 0.15) is 5.60 Å². The number of nitrogens with zero attached hydrogens (tertiary/aromatic N) is 3. The molecule has 434 valence electrons. The maximum atomic E-state index is 12.3. The molecule has 0 aromatic heterocycles. The molecule has 10 bridgehead atoms. The predicted molar refractivity (Wildman–Crippen MR) is 311 cm³/mol. The van der Waals surface area contributed by atoms with Gasteiger partial charge in [0.25, 0.3) is 0 Å². The molecule has 10 aliphatic rings. The number of amides is 4. The van der Waals surface area contributed by atoms with Crippen LogP contribution in [0.3, 0.4) is 0 Å². The van der Waals surface area contributed by atoms with Crippen LogP contribution in [-0.4, -0.2) is 105 Å². The first-order valence-corrected chi connectivity index (χ1v) is 31.3. The number of hydrogen-bond acceptors (Lipinski definition) is 6. The van der Waals surface area contributed by atoms with Crippen LogP contribution in [-0.2, 0) is 14.3 Å². The first kappa shape index (κ1) is 62.1. The summed E-state index contributed by atoms with van der Waals surface area (Å²) in [5.74, 6) is 4.43. The Bertz CT molecular complexity index is 1750. The van der Waals surface area contributed by atoms with Crippen molar-refractivity contribution in [3.8, 4) is 0 Å². The zero-order chi connectivity index (χ0) is 55.8. The van der Waals surface area contributed by atoms with Crippen LogP contribution in [0.2, 0.25) is 0 Å². The van der Waals surface area contributed by atoms with E-state index in [4.69, 9.17) is 9.47 Å². The average Bonchev–Trinajstić information content (AvgIpc) is 4.03. The van der Waals surface area contributed by atoms with E-state index in [1.165, 1.54) is 103 Å². The van der Waals surface area contributed by atoms with Crippen LogP contribution < -0.4 is 10.6 Å². The molecule has 10 saturated heterocycles. The Morgan fingerprint density at radius 2 is 0.747 bits per heavy atom. The molecule has 0 aliphatic carbocycles. The molecule has 0 aromatic carbocycles. The molecular formula is C65H119N5O5. The summed E-state index contributed by atoms with van der Waals surface area (Å²) in [4.78, 5) is 42.2. The first-order chi connectivity index (χ1) is 34.5. The minimum Gasteiger partial charge on any atom is -0.444 e. The Kier molecular flexibility index (Phi) is 20.2. The predicted octanol–water partition coefficient (Wildman–Crippen LogP) is 15.6. The first-order valence-electron chi connectivity index (χ1n) is 31.3. The summed E-state index contributed by atoms with van der Waals surface area (Å²) in [6, 6.07) is 4.74. The molecule has 75 heavy (non-hydrogen) atoms. The van der Waals surface area contributed by atoms with Crippen LogP contribution in [0.1, 0.15) is 267 Å². The van der Waals surface area contributed by atoms with E-state index in [1.807, 2.05) is 32.6 Å². The molecule has 0 spiro atoms. The third kappa shape index (κ3) is 16.7. The number of hydrogen-bond donors (Lipinski definition) is 2. The van der Waals surface area contributed by atoms with Gasteiger partial charge in [-0.25, -0.2) is 9.59 Å². The lowest BCUT2D eigenvalue weighted by atomic mass is 9.73. The number of fused-ring (bicyclic) bond motifs is 10. The van der Waals surface area contributed by atoms with Crippen LogP contribution in [0.15, 0.2) is 0 Å². The van der Waals surface area contributed by atoms with Gasteiger partial charge in [0.05, 0.1) is 12.2 Å². The molecule has 0 radical (unpaired) electrons. The third-order valence-corrected chi connectivity index (χ3v) is 20.6. The summed E-state index contributed by atoms with van der Waals surface area (Å²) in [6.07, 6.45) is 26.3. The van der Waals surface area contributed by atoms with Gasteiger partial charge in [-0.1, -0.05) is 104 Å². The van der Waals surface area contributed by atoms with Gasteiger partial charge in [-0.3, -0.25) is 4.79 Å². The highest BCUT2D eigenvalue weighted by molar-refractivity contribution is 5.75. The topological polar surface area (TPSA) is 103 Å². The second-order valence-electron chi connectivity index (χ2n) is 32.5. The van der Waals surface area contributed by atoms with Gasteiger partial charge in [-0.15, -0.1) is 0 Å². The molecule has 0 aromatic rings. The summed E-state index contributed by atoms with van der Waals surface area (Å²) < 4.78 is 11.4. The van der Waals surface area contributed by atoms with Gasteiger partial charge in [0.2, 0.25) is 5.91 Å². The molecule has 10 aliphatic heterocycles. The van der Waals surface area contributed by atoms with Gasteiger partial charge < -0.3 is 34.8 Å². The number of carbonyl (C=O) groups is 3. The van der Waals surface area contributed by atoms with Crippen molar-refractivity contribution in [2.24, 2.45) is 56.7 Å². The second kappa shape index (κ2) is 24.3. The summed E-state index contributed by atoms with van der Waals surface area (Å²) in [6.45, 7) is 45.5. The van der Waals surface area contributed by atoms with Crippen LogP contribution in [0.5, 0.6) is 0 Å². The number of nitrogens with one attached hydrogen (secondary N) is 2. The fraction of sp³-hybridized carbons (Fsp3) is 0.954. The molecule has 2 N–H and O–H groups in total. The molecular weight excluding hydrogens is 931 g/mol. The van der Waals surface area contributed by atoms with E-state index in [-0.39, 0.29) is 18.0 Å². The van der Waals surface area contributed by atoms with Gasteiger partial charge in [-0.05, 0) is 213 Å². The quantitative estimate of drug-likeness (QED) is 0.271. The highest BCUT2D eigenvalue weighted by atomic mass is 16.6. The number of urea groups is 1. The van der Waals surface area contributed by atoms with Crippen molar-refractivity contribution in [1.29, 1.82) is 0 Å². The molecule has 0 saturated carbocycles. The Hall–Kier alpha value is -2.07. The minimum absolute atomic E-state index is 0.104. The molecule has 10 unspecified atom stereocenters. The number of piperidine rings is 4. The zero-order valence-electron chi connectivity index (χ0n) is 52.4. The number of rotatable bonds is 1. The SMILES string of the molecule is CC(=O)N1C2CCC1CC(C(C)(C)C)C2.CC(C)(C)C1CC2CCC(C1)N2.CC(C)(C)C1CC2CCC(C1)O2.CC(C)(C)OC(=O)N1C2CCC1CC(C(C)(C)C)C2.CCNC(=O)N1C2CCC1CC(C(C)(C)C)C2. The summed E-state index contributed by atoms with van der Waals surface area (Å²) in [5.41, 5.74) is 1.77. The Morgan fingerprint density at radius 3 is 1.05 bits per heavy atom. The third-order valence-electron chi connectivity index (χ3n) is 20.6. The largest absolute Gasteiger partial charge is 0.444 e. The summed E-state index contributed by atoms with van der Waals surface area (Å²) >= 11 is 0. The van der Waals surface area contributed by atoms with Crippen molar-refractivity contribution in [2.45, 2.75) is 333 Å². The lowest BCUT2D eigenvalue weighted by Crippen LogP contribution is -2.52. The average molecular weight is 1050 g/mol. The van der Waals surface area contributed by atoms with Crippen molar-refractivity contribution in [2.75, 3.05) is 6.54 Å². The van der Waals surface area contributed by atoms with Crippen LogP contribution in [0, 0.1) is 56.7 Å². The molecule has 10 rings (SSSR count). The smallest absolute Gasteiger partial charge is 0.410 e. The van der Waals surface area contributed by atoms with Gasteiger partial charge in [-0.2, -0.15) is 0 Å². The molecule has 10 heteroatoms. The number of ether oxygens (including phenoxy) is 2.